The third-order valence-electron chi connectivity index (χ3n) is 2.99. The fourth-order valence-electron chi connectivity index (χ4n) is 1.80. The van der Waals surface area contributed by atoms with Gasteiger partial charge in [0, 0.05) is 27.1 Å². The van der Waals surface area contributed by atoms with Crippen molar-refractivity contribution in [3.8, 4) is 0 Å². The molecule has 2 heterocycles. The van der Waals surface area contributed by atoms with Crippen molar-refractivity contribution in [3.63, 3.8) is 0 Å². The van der Waals surface area contributed by atoms with Crippen LogP contribution in [0.5, 0.6) is 0 Å². The number of likely N-dealkylation sites (N-methyl/N-ethyl adjacent to an activating group) is 1. The molecule has 1 aliphatic heterocycles. The van der Waals surface area contributed by atoms with Gasteiger partial charge in [-0.25, -0.2) is 0 Å². The molecule has 7 nitrogen and oxygen atoms in total. The first-order valence-corrected chi connectivity index (χ1v) is 5.47. The van der Waals surface area contributed by atoms with Gasteiger partial charge in [-0.1, -0.05) is 5.21 Å². The number of aryl methyl sites for hydroxylation is 1. The Morgan fingerprint density at radius 3 is 2.88 bits per heavy atom. The van der Waals surface area contributed by atoms with E-state index in [0.717, 1.165) is 5.69 Å². The minimum absolute atomic E-state index is 0.116. The highest BCUT2D eigenvalue weighted by Gasteiger charge is 2.31. The van der Waals surface area contributed by atoms with Crippen LogP contribution in [0.1, 0.15) is 18.5 Å². The maximum atomic E-state index is 11.8. The number of rotatable bonds is 3. The Morgan fingerprint density at radius 2 is 2.24 bits per heavy atom. The van der Waals surface area contributed by atoms with Crippen LogP contribution >= 0.6 is 0 Å². The highest BCUT2D eigenvalue weighted by molar-refractivity contribution is 6.00. The molecule has 1 saturated heterocycles. The molecule has 1 aromatic heterocycles. The predicted molar refractivity (Wildman–Crippen MR) is 58.6 cm³/mol. The van der Waals surface area contributed by atoms with Crippen molar-refractivity contribution >= 4 is 11.8 Å². The molecule has 1 N–H and O–H groups in total. The Balaban J connectivity index is 1.94. The van der Waals surface area contributed by atoms with Crippen LogP contribution < -0.4 is 5.32 Å². The third kappa shape index (κ3) is 2.33. The van der Waals surface area contributed by atoms with E-state index in [-0.39, 0.29) is 17.9 Å². The number of piperidine rings is 1. The van der Waals surface area contributed by atoms with Crippen molar-refractivity contribution in [1.82, 2.24) is 25.2 Å². The van der Waals surface area contributed by atoms with E-state index in [1.54, 1.807) is 17.9 Å². The van der Waals surface area contributed by atoms with Gasteiger partial charge >= 0.3 is 0 Å². The summed E-state index contributed by atoms with van der Waals surface area (Å²) in [6.45, 7) is 0.516. The number of amides is 2. The maximum absolute atomic E-state index is 11.8. The minimum atomic E-state index is -0.299. The van der Waals surface area contributed by atoms with Gasteiger partial charge in [0.1, 0.15) is 0 Å². The van der Waals surface area contributed by atoms with E-state index in [1.165, 1.54) is 11.9 Å². The quantitative estimate of drug-likeness (QED) is 0.686. The molecule has 1 aliphatic rings. The number of likely N-dealkylation sites (tertiary alicyclic amines) is 1. The third-order valence-corrected chi connectivity index (χ3v) is 2.99. The molecule has 1 aromatic rings. The molecular weight excluding hydrogens is 222 g/mol. The average molecular weight is 237 g/mol. The molecule has 0 saturated carbocycles. The molecule has 0 aliphatic carbocycles. The fraction of sp³-hybridized carbons (Fsp3) is 0.600. The second kappa shape index (κ2) is 4.62. The number of nitrogens with one attached hydrogen (secondary N) is 1. The first-order chi connectivity index (χ1) is 8.09. The summed E-state index contributed by atoms with van der Waals surface area (Å²) in [6.07, 6.45) is 2.60. The summed E-state index contributed by atoms with van der Waals surface area (Å²) < 4.78 is 1.65. The van der Waals surface area contributed by atoms with Gasteiger partial charge in [0.05, 0.1) is 17.9 Å². The highest BCUT2D eigenvalue weighted by Crippen LogP contribution is 2.11. The Hall–Kier alpha value is -1.76. The molecule has 1 fully saturated rings. The first-order valence-electron chi connectivity index (χ1n) is 5.47. The zero-order chi connectivity index (χ0) is 12.4. The standard InChI is InChI=1S/C10H15N5O2/c1-14-9(16)4-3-8(10(14)17)11-5-7-6-12-13-15(7)2/h6,8,11H,3-5H2,1-2H3. The van der Waals surface area contributed by atoms with Gasteiger partial charge in [-0.05, 0) is 6.42 Å². The van der Waals surface area contributed by atoms with E-state index in [4.69, 9.17) is 0 Å². The van der Waals surface area contributed by atoms with E-state index < -0.39 is 0 Å². The van der Waals surface area contributed by atoms with Crippen molar-refractivity contribution in [3.05, 3.63) is 11.9 Å². The lowest BCUT2D eigenvalue weighted by molar-refractivity contribution is -0.148. The second-order valence-electron chi connectivity index (χ2n) is 4.11. The van der Waals surface area contributed by atoms with E-state index >= 15 is 0 Å². The van der Waals surface area contributed by atoms with Gasteiger partial charge in [-0.3, -0.25) is 19.2 Å². The number of nitrogens with zero attached hydrogens (tertiary/aromatic N) is 4. The topological polar surface area (TPSA) is 80.1 Å². The predicted octanol–water partition coefficient (Wildman–Crippen LogP) is -0.948. The average Bonchev–Trinajstić information content (AvgIpc) is 2.71. The van der Waals surface area contributed by atoms with E-state index in [1.807, 2.05) is 0 Å². The summed E-state index contributed by atoms with van der Waals surface area (Å²) in [4.78, 5) is 24.3. The van der Waals surface area contributed by atoms with E-state index in [0.29, 0.717) is 19.4 Å². The largest absolute Gasteiger partial charge is 0.300 e. The lowest BCUT2D eigenvalue weighted by atomic mass is 10.0. The fourth-order valence-corrected chi connectivity index (χ4v) is 1.80. The lowest BCUT2D eigenvalue weighted by Gasteiger charge is -2.28. The van der Waals surface area contributed by atoms with E-state index in [9.17, 15) is 9.59 Å². The number of carbonyl (C=O) groups is 2. The van der Waals surface area contributed by atoms with Gasteiger partial charge in [0.25, 0.3) is 0 Å². The number of imide groups is 1. The number of hydrogen-bond donors (Lipinski definition) is 1. The second-order valence-corrected chi connectivity index (χ2v) is 4.11. The SMILES string of the molecule is CN1C(=O)CCC(NCc2cnnn2C)C1=O. The molecular formula is C10H15N5O2. The zero-order valence-electron chi connectivity index (χ0n) is 9.88. The van der Waals surface area contributed by atoms with Crippen LogP contribution in [-0.4, -0.2) is 44.8 Å². The van der Waals surface area contributed by atoms with E-state index in [2.05, 4.69) is 15.6 Å². The molecule has 0 spiro atoms. The Bertz CT molecular complexity index is 442. The zero-order valence-corrected chi connectivity index (χ0v) is 9.88. The van der Waals surface area contributed by atoms with Crippen molar-refractivity contribution in [2.75, 3.05) is 7.05 Å². The molecule has 1 atom stereocenters. The van der Waals surface area contributed by atoms with Gasteiger partial charge in [-0.2, -0.15) is 0 Å². The molecule has 92 valence electrons. The first kappa shape index (κ1) is 11.7. The van der Waals surface area contributed by atoms with Crippen LogP contribution in [-0.2, 0) is 23.2 Å². The van der Waals surface area contributed by atoms with Crippen LogP contribution in [0.15, 0.2) is 6.20 Å². The molecule has 0 aromatic carbocycles. The summed E-state index contributed by atoms with van der Waals surface area (Å²) in [6, 6.07) is -0.299. The minimum Gasteiger partial charge on any atom is -0.300 e. The number of carbonyl (C=O) groups excluding carboxylic acids is 2. The normalized spacial score (nSPS) is 21.1. The number of hydrogen-bond acceptors (Lipinski definition) is 5. The molecule has 7 heteroatoms. The molecule has 17 heavy (non-hydrogen) atoms. The highest BCUT2D eigenvalue weighted by atomic mass is 16.2. The van der Waals surface area contributed by atoms with Crippen molar-refractivity contribution in [2.45, 2.75) is 25.4 Å². The molecule has 0 radical (unpaired) electrons. The Morgan fingerprint density at radius 1 is 1.47 bits per heavy atom. The van der Waals surface area contributed by atoms with Crippen molar-refractivity contribution < 1.29 is 9.59 Å². The molecule has 2 amide bonds. The maximum Gasteiger partial charge on any atom is 0.246 e. The van der Waals surface area contributed by atoms with Crippen molar-refractivity contribution in [2.24, 2.45) is 7.05 Å². The smallest absolute Gasteiger partial charge is 0.246 e. The summed E-state index contributed by atoms with van der Waals surface area (Å²) >= 11 is 0. The van der Waals surface area contributed by atoms with Crippen LogP contribution in [0.3, 0.4) is 0 Å². The molecule has 2 rings (SSSR count). The summed E-state index contributed by atoms with van der Waals surface area (Å²) in [5, 5.41) is 10.7. The van der Waals surface area contributed by atoms with Gasteiger partial charge in [0.2, 0.25) is 11.8 Å². The molecule has 0 bridgehead atoms. The van der Waals surface area contributed by atoms with Crippen molar-refractivity contribution in [1.29, 1.82) is 0 Å². The van der Waals surface area contributed by atoms with Gasteiger partial charge in [-0.15, -0.1) is 5.10 Å². The molecule has 1 unspecified atom stereocenters. The monoisotopic (exact) mass is 237 g/mol. The van der Waals surface area contributed by atoms with Crippen LogP contribution in [0.25, 0.3) is 0 Å². The summed E-state index contributed by atoms with van der Waals surface area (Å²) in [5.41, 5.74) is 0.900. The Labute approximate surface area is 98.8 Å². The van der Waals surface area contributed by atoms with Crippen LogP contribution in [0.2, 0.25) is 0 Å². The summed E-state index contributed by atoms with van der Waals surface area (Å²) in [5.74, 6) is -0.286. The summed E-state index contributed by atoms with van der Waals surface area (Å²) in [7, 11) is 3.31. The number of aromatic nitrogens is 3. The van der Waals surface area contributed by atoms with Crippen LogP contribution in [0.4, 0.5) is 0 Å². The lowest BCUT2D eigenvalue weighted by Crippen LogP contribution is -2.51. The van der Waals surface area contributed by atoms with Gasteiger partial charge in [0.15, 0.2) is 0 Å². The Kier molecular flexibility index (Phi) is 3.19. The van der Waals surface area contributed by atoms with Crippen LogP contribution in [0, 0.1) is 0 Å². The van der Waals surface area contributed by atoms with Gasteiger partial charge < -0.3 is 5.32 Å².